The first-order valence-corrected chi connectivity index (χ1v) is 6.48. The van der Waals surface area contributed by atoms with Gasteiger partial charge in [-0.1, -0.05) is 0 Å². The largest absolute Gasteiger partial charge is 0.347 e. The normalized spacial score (nSPS) is 15.0. The number of hydrogen-bond acceptors (Lipinski definition) is 3. The predicted molar refractivity (Wildman–Crippen MR) is 61.9 cm³/mol. The lowest BCUT2D eigenvalue weighted by Gasteiger charge is -2.22. The van der Waals surface area contributed by atoms with Gasteiger partial charge in [-0.05, 0) is 27.7 Å². The third kappa shape index (κ3) is 4.30. The van der Waals surface area contributed by atoms with Crippen LogP contribution < -0.4 is 9.44 Å². The fourth-order valence-electron chi connectivity index (χ4n) is 1.24. The molecule has 7 heteroatoms. The molecule has 0 saturated carbocycles. The van der Waals surface area contributed by atoms with Crippen molar-refractivity contribution < 1.29 is 8.42 Å². The average Bonchev–Trinajstić information content (AvgIpc) is 2.48. The van der Waals surface area contributed by atoms with Crippen LogP contribution in [0.5, 0.6) is 0 Å². The molecular weight excluding hydrogens is 228 g/mol. The molecule has 0 aliphatic carbocycles. The summed E-state index contributed by atoms with van der Waals surface area (Å²) in [5.74, 6) is 0.583. The fraction of sp³-hybridized carbons (Fsp3) is 0.667. The highest BCUT2D eigenvalue weighted by molar-refractivity contribution is 7.87. The molecule has 3 N–H and O–H groups in total. The molecule has 0 fully saturated rings. The van der Waals surface area contributed by atoms with Crippen LogP contribution in [0.1, 0.15) is 39.6 Å². The van der Waals surface area contributed by atoms with Crippen LogP contribution in [0.25, 0.3) is 0 Å². The summed E-state index contributed by atoms with van der Waals surface area (Å²) in [5, 5.41) is 0. The van der Waals surface area contributed by atoms with Crippen molar-refractivity contribution in [3.63, 3.8) is 0 Å². The van der Waals surface area contributed by atoms with E-state index in [1.807, 2.05) is 0 Å². The van der Waals surface area contributed by atoms with Gasteiger partial charge in [0.25, 0.3) is 10.2 Å². The van der Waals surface area contributed by atoms with Crippen molar-refractivity contribution in [2.75, 3.05) is 0 Å². The molecule has 0 bridgehead atoms. The summed E-state index contributed by atoms with van der Waals surface area (Å²) in [4.78, 5) is 6.84. The zero-order valence-electron chi connectivity index (χ0n) is 9.90. The third-order valence-electron chi connectivity index (χ3n) is 1.70. The van der Waals surface area contributed by atoms with Gasteiger partial charge in [0, 0.05) is 17.9 Å². The number of aromatic nitrogens is 2. The summed E-state index contributed by atoms with van der Waals surface area (Å²) < 4.78 is 28.4. The third-order valence-corrected chi connectivity index (χ3v) is 3.25. The van der Waals surface area contributed by atoms with Crippen LogP contribution in [-0.2, 0) is 10.2 Å². The minimum atomic E-state index is -3.52. The van der Waals surface area contributed by atoms with Gasteiger partial charge in [0.1, 0.15) is 5.82 Å². The number of H-pyrrole nitrogens is 1. The Morgan fingerprint density at radius 1 is 1.44 bits per heavy atom. The van der Waals surface area contributed by atoms with Gasteiger partial charge in [-0.3, -0.25) is 0 Å². The Bertz CT molecular complexity index is 419. The monoisotopic (exact) mass is 246 g/mol. The topological polar surface area (TPSA) is 86.9 Å². The smallest absolute Gasteiger partial charge is 0.278 e. The maximum Gasteiger partial charge on any atom is 0.278 e. The van der Waals surface area contributed by atoms with Crippen molar-refractivity contribution in [2.45, 2.75) is 39.3 Å². The quantitative estimate of drug-likeness (QED) is 0.730. The van der Waals surface area contributed by atoms with Crippen LogP contribution in [0.4, 0.5) is 0 Å². The Hall–Kier alpha value is -0.920. The number of hydrogen-bond donors (Lipinski definition) is 3. The van der Waals surface area contributed by atoms with Gasteiger partial charge in [-0.15, -0.1) is 0 Å². The van der Waals surface area contributed by atoms with Crippen LogP contribution in [0, 0.1) is 0 Å². The Balaban J connectivity index is 2.67. The number of rotatable bonds is 4. The predicted octanol–water partition coefficient (Wildman–Crippen LogP) is 0.693. The van der Waals surface area contributed by atoms with Crippen molar-refractivity contribution in [3.8, 4) is 0 Å². The van der Waals surface area contributed by atoms with Gasteiger partial charge in [0.15, 0.2) is 0 Å². The molecule has 0 amide bonds. The molecule has 0 aromatic carbocycles. The Morgan fingerprint density at radius 2 is 2.06 bits per heavy atom. The summed E-state index contributed by atoms with van der Waals surface area (Å²) in [6.45, 7) is 7.07. The number of nitrogens with one attached hydrogen (secondary N) is 3. The molecule has 16 heavy (non-hydrogen) atoms. The summed E-state index contributed by atoms with van der Waals surface area (Å²) in [6, 6.07) is -0.394. The Morgan fingerprint density at radius 3 is 2.50 bits per heavy atom. The van der Waals surface area contributed by atoms with E-state index < -0.39 is 21.8 Å². The van der Waals surface area contributed by atoms with Crippen molar-refractivity contribution in [1.29, 1.82) is 0 Å². The van der Waals surface area contributed by atoms with E-state index >= 15 is 0 Å². The molecule has 0 spiro atoms. The second-order valence-corrected chi connectivity index (χ2v) is 6.12. The van der Waals surface area contributed by atoms with Gasteiger partial charge in [-0.2, -0.15) is 17.9 Å². The summed E-state index contributed by atoms with van der Waals surface area (Å²) in [5.41, 5.74) is -0.505. The SMILES string of the molecule is CC(NS(=O)(=O)NC(C)(C)C)c1ncc[nH]1. The van der Waals surface area contributed by atoms with E-state index in [1.54, 1.807) is 40.1 Å². The van der Waals surface area contributed by atoms with Crippen LogP contribution in [0.3, 0.4) is 0 Å². The highest BCUT2D eigenvalue weighted by atomic mass is 32.2. The maximum absolute atomic E-state index is 11.7. The van der Waals surface area contributed by atoms with E-state index in [0.29, 0.717) is 5.82 Å². The number of aromatic amines is 1. The number of nitrogens with zero attached hydrogens (tertiary/aromatic N) is 1. The second kappa shape index (κ2) is 4.52. The van der Waals surface area contributed by atoms with Crippen molar-refractivity contribution in [2.24, 2.45) is 0 Å². The van der Waals surface area contributed by atoms with Crippen molar-refractivity contribution in [3.05, 3.63) is 18.2 Å². The van der Waals surface area contributed by atoms with E-state index in [4.69, 9.17) is 0 Å². The molecule has 1 heterocycles. The second-order valence-electron chi connectivity index (χ2n) is 4.67. The van der Waals surface area contributed by atoms with Crippen molar-refractivity contribution in [1.82, 2.24) is 19.4 Å². The van der Waals surface area contributed by atoms with Gasteiger partial charge < -0.3 is 4.98 Å². The minimum absolute atomic E-state index is 0.394. The average molecular weight is 246 g/mol. The standard InChI is InChI=1S/C9H18N4O2S/c1-7(8-10-5-6-11-8)12-16(14,15)13-9(2,3)4/h5-7,12-13H,1-4H3,(H,10,11). The zero-order chi connectivity index (χ0) is 12.4. The number of imidazole rings is 1. The highest BCUT2D eigenvalue weighted by Crippen LogP contribution is 2.08. The lowest BCUT2D eigenvalue weighted by Crippen LogP contribution is -2.47. The fourth-order valence-corrected chi connectivity index (χ4v) is 2.68. The first kappa shape index (κ1) is 13.1. The van der Waals surface area contributed by atoms with E-state index in [0.717, 1.165) is 0 Å². The molecular formula is C9H18N4O2S. The molecule has 1 aromatic heterocycles. The van der Waals surface area contributed by atoms with Gasteiger partial charge in [0.2, 0.25) is 0 Å². The van der Waals surface area contributed by atoms with Crippen LogP contribution in [-0.4, -0.2) is 23.9 Å². The van der Waals surface area contributed by atoms with Gasteiger partial charge in [-0.25, -0.2) is 4.98 Å². The molecule has 0 radical (unpaired) electrons. The Labute approximate surface area is 96.0 Å². The van der Waals surface area contributed by atoms with E-state index in [1.165, 1.54) is 0 Å². The molecule has 1 rings (SSSR count). The molecule has 6 nitrogen and oxygen atoms in total. The molecule has 92 valence electrons. The van der Waals surface area contributed by atoms with Crippen molar-refractivity contribution >= 4 is 10.2 Å². The van der Waals surface area contributed by atoms with Crippen LogP contribution >= 0.6 is 0 Å². The first-order chi connectivity index (χ1) is 7.20. The highest BCUT2D eigenvalue weighted by Gasteiger charge is 2.22. The van der Waals surface area contributed by atoms with Crippen LogP contribution in [0.15, 0.2) is 12.4 Å². The van der Waals surface area contributed by atoms with Crippen LogP contribution in [0.2, 0.25) is 0 Å². The maximum atomic E-state index is 11.7. The first-order valence-electron chi connectivity index (χ1n) is 5.00. The zero-order valence-corrected chi connectivity index (χ0v) is 10.7. The summed E-state index contributed by atoms with van der Waals surface area (Å²) in [7, 11) is -3.52. The molecule has 0 aliphatic rings. The summed E-state index contributed by atoms with van der Waals surface area (Å²) in [6.07, 6.45) is 3.23. The molecule has 0 saturated heterocycles. The molecule has 1 aromatic rings. The molecule has 0 aliphatic heterocycles. The molecule has 1 atom stereocenters. The molecule has 1 unspecified atom stereocenters. The Kier molecular flexibility index (Phi) is 3.72. The minimum Gasteiger partial charge on any atom is -0.347 e. The van der Waals surface area contributed by atoms with E-state index in [9.17, 15) is 8.42 Å². The van der Waals surface area contributed by atoms with Gasteiger partial charge >= 0.3 is 0 Å². The van der Waals surface area contributed by atoms with Gasteiger partial charge in [0.05, 0.1) is 6.04 Å². The lowest BCUT2D eigenvalue weighted by molar-refractivity contribution is 0.476. The van der Waals surface area contributed by atoms with E-state index in [-0.39, 0.29) is 0 Å². The van der Waals surface area contributed by atoms with E-state index in [2.05, 4.69) is 19.4 Å². The summed E-state index contributed by atoms with van der Waals surface area (Å²) >= 11 is 0. The lowest BCUT2D eigenvalue weighted by atomic mass is 10.1.